The molecule has 2 N–H and O–H groups in total. The molecule has 0 bridgehead atoms. The Kier molecular flexibility index (Phi) is 6.60. The van der Waals surface area contributed by atoms with E-state index in [1.807, 2.05) is 4.90 Å². The number of hydrogen-bond acceptors (Lipinski definition) is 7. The number of esters is 1. The van der Waals surface area contributed by atoms with E-state index < -0.39 is 18.0 Å². The van der Waals surface area contributed by atoms with Crippen molar-refractivity contribution in [2.45, 2.75) is 44.6 Å². The average molecular weight is 431 g/mol. The Balaban J connectivity index is 1.32. The van der Waals surface area contributed by atoms with E-state index in [9.17, 15) is 14.4 Å². The van der Waals surface area contributed by atoms with Gasteiger partial charge in [-0.25, -0.2) is 4.79 Å². The minimum Gasteiger partial charge on any atom is -0.468 e. The molecule has 9 nitrogen and oxygen atoms in total. The molecule has 4 rings (SSSR count). The quantitative estimate of drug-likeness (QED) is 0.690. The maximum Gasteiger partial charge on any atom is 0.325 e. The van der Waals surface area contributed by atoms with E-state index in [4.69, 9.17) is 14.2 Å². The van der Waals surface area contributed by atoms with Crippen molar-refractivity contribution >= 4 is 23.6 Å². The summed E-state index contributed by atoms with van der Waals surface area (Å²) in [5.74, 6) is 1.32. The Hall–Kier alpha value is -2.81. The number of carbonyl (C=O) groups excluding carboxylic acids is 3. The zero-order valence-electron chi connectivity index (χ0n) is 17.7. The van der Waals surface area contributed by atoms with E-state index in [-0.39, 0.29) is 19.3 Å². The summed E-state index contributed by atoms with van der Waals surface area (Å²) in [5, 5.41) is 4.96. The molecule has 2 fully saturated rings. The fourth-order valence-corrected chi connectivity index (χ4v) is 4.93. The zero-order chi connectivity index (χ0) is 21.8. The lowest BCUT2D eigenvalue weighted by Gasteiger charge is -2.27. The molecule has 1 saturated carbocycles. The second kappa shape index (κ2) is 9.55. The predicted molar refractivity (Wildman–Crippen MR) is 112 cm³/mol. The number of hydrogen-bond donors (Lipinski definition) is 2. The number of methoxy groups -OCH3 is 1. The summed E-state index contributed by atoms with van der Waals surface area (Å²) in [6.45, 7) is 0.779. The number of nitrogens with one attached hydrogen (secondary N) is 2. The summed E-state index contributed by atoms with van der Waals surface area (Å²) >= 11 is 0. The fourth-order valence-electron chi connectivity index (χ4n) is 4.93. The number of anilines is 1. The molecule has 0 radical (unpaired) electrons. The number of fused-ring (bicyclic) bond motifs is 1. The maximum absolute atomic E-state index is 12.5. The number of urea groups is 1. The number of rotatable bonds is 5. The first-order valence-corrected chi connectivity index (χ1v) is 10.9. The van der Waals surface area contributed by atoms with Gasteiger partial charge in [0.05, 0.1) is 13.7 Å². The Morgan fingerprint density at radius 1 is 1.10 bits per heavy atom. The zero-order valence-corrected chi connectivity index (χ0v) is 17.7. The molecule has 3 aliphatic rings. The lowest BCUT2D eigenvalue weighted by Crippen LogP contribution is -2.45. The van der Waals surface area contributed by atoms with Gasteiger partial charge in [-0.3, -0.25) is 19.8 Å². The topological polar surface area (TPSA) is 106 Å². The third-order valence-electron chi connectivity index (χ3n) is 6.46. The van der Waals surface area contributed by atoms with Crippen molar-refractivity contribution in [2.24, 2.45) is 11.8 Å². The summed E-state index contributed by atoms with van der Waals surface area (Å²) in [4.78, 5) is 38.9. The van der Waals surface area contributed by atoms with Crippen LogP contribution in [0.3, 0.4) is 0 Å². The molecule has 168 valence electrons. The van der Waals surface area contributed by atoms with Crippen LogP contribution in [0.25, 0.3) is 0 Å². The van der Waals surface area contributed by atoms with Crippen LogP contribution in [0.15, 0.2) is 18.2 Å². The second-order valence-electron chi connectivity index (χ2n) is 8.43. The fraction of sp³-hybridized carbons (Fsp3) is 0.591. The van der Waals surface area contributed by atoms with Crippen LogP contribution in [0.1, 0.15) is 38.5 Å². The van der Waals surface area contributed by atoms with E-state index in [0.29, 0.717) is 42.0 Å². The van der Waals surface area contributed by atoms with Gasteiger partial charge in [-0.15, -0.1) is 0 Å². The number of likely N-dealkylation sites (tertiary alicyclic amines) is 1. The van der Waals surface area contributed by atoms with Crippen LogP contribution in [-0.2, 0) is 14.3 Å². The Morgan fingerprint density at radius 2 is 1.87 bits per heavy atom. The molecule has 0 aromatic heterocycles. The van der Waals surface area contributed by atoms with Crippen LogP contribution in [-0.4, -0.2) is 55.8 Å². The first-order chi connectivity index (χ1) is 15.0. The SMILES string of the molecule is COC(=O)[C@@H]1C[C@@H](C2CCCCC2)CN1CC(=O)NC(=O)Nc1ccc2c(c1)OCO2. The molecule has 2 atom stereocenters. The van der Waals surface area contributed by atoms with Crippen LogP contribution in [0.5, 0.6) is 11.5 Å². The number of benzene rings is 1. The maximum atomic E-state index is 12.5. The molecule has 0 unspecified atom stereocenters. The number of ether oxygens (including phenoxy) is 3. The van der Waals surface area contributed by atoms with E-state index in [1.54, 1.807) is 18.2 Å². The Labute approximate surface area is 181 Å². The van der Waals surface area contributed by atoms with Crippen molar-refractivity contribution in [2.75, 3.05) is 32.3 Å². The van der Waals surface area contributed by atoms with Crippen LogP contribution in [0.2, 0.25) is 0 Å². The molecule has 31 heavy (non-hydrogen) atoms. The van der Waals surface area contributed by atoms with Gasteiger partial charge in [-0.05, 0) is 30.4 Å². The van der Waals surface area contributed by atoms with Crippen LogP contribution >= 0.6 is 0 Å². The number of amides is 3. The minimum atomic E-state index is -0.637. The van der Waals surface area contributed by atoms with Crippen LogP contribution in [0.4, 0.5) is 10.5 Å². The van der Waals surface area contributed by atoms with Crippen molar-refractivity contribution in [3.63, 3.8) is 0 Å². The predicted octanol–water partition coefficient (Wildman–Crippen LogP) is 2.51. The molecular weight excluding hydrogens is 402 g/mol. The molecule has 1 aliphatic carbocycles. The van der Waals surface area contributed by atoms with Crippen molar-refractivity contribution in [3.05, 3.63) is 18.2 Å². The lowest BCUT2D eigenvalue weighted by molar-refractivity contribution is -0.146. The number of imide groups is 1. The molecule has 9 heteroatoms. The number of carbonyl (C=O) groups is 3. The standard InChI is InChI=1S/C22H29N3O6/c1-29-21(27)17-9-15(14-5-3-2-4-6-14)11-25(17)12-20(26)24-22(28)23-16-7-8-18-19(10-16)31-13-30-18/h7-8,10,14-15,17H,2-6,9,11-13H2,1H3,(H2,23,24,26,28)/t15-,17+/m1/s1. The molecule has 2 aliphatic heterocycles. The van der Waals surface area contributed by atoms with Gasteiger partial charge in [0, 0.05) is 18.3 Å². The van der Waals surface area contributed by atoms with Crippen LogP contribution < -0.4 is 20.1 Å². The molecule has 1 aromatic carbocycles. The van der Waals surface area contributed by atoms with Crippen molar-refractivity contribution in [1.82, 2.24) is 10.2 Å². The molecule has 3 amide bonds. The smallest absolute Gasteiger partial charge is 0.325 e. The summed E-state index contributed by atoms with van der Waals surface area (Å²) in [6, 6.07) is 3.91. The highest BCUT2D eigenvalue weighted by molar-refractivity contribution is 6.02. The van der Waals surface area contributed by atoms with Gasteiger partial charge in [0.2, 0.25) is 12.7 Å². The molecular formula is C22H29N3O6. The minimum absolute atomic E-state index is 0.0302. The van der Waals surface area contributed by atoms with Crippen molar-refractivity contribution < 1.29 is 28.6 Å². The van der Waals surface area contributed by atoms with Crippen LogP contribution in [0, 0.1) is 11.8 Å². The van der Waals surface area contributed by atoms with E-state index in [1.165, 1.54) is 39.2 Å². The van der Waals surface area contributed by atoms with Gasteiger partial charge in [-0.2, -0.15) is 0 Å². The van der Waals surface area contributed by atoms with Gasteiger partial charge in [-0.1, -0.05) is 32.1 Å². The molecule has 0 spiro atoms. The molecule has 1 saturated heterocycles. The van der Waals surface area contributed by atoms with Crippen molar-refractivity contribution in [1.29, 1.82) is 0 Å². The van der Waals surface area contributed by atoms with Gasteiger partial charge in [0.15, 0.2) is 11.5 Å². The summed E-state index contributed by atoms with van der Waals surface area (Å²) in [6.07, 6.45) is 6.78. The highest BCUT2D eigenvalue weighted by Gasteiger charge is 2.41. The Morgan fingerprint density at radius 3 is 2.65 bits per heavy atom. The summed E-state index contributed by atoms with van der Waals surface area (Å²) < 4.78 is 15.5. The van der Waals surface area contributed by atoms with Gasteiger partial charge >= 0.3 is 12.0 Å². The van der Waals surface area contributed by atoms with E-state index in [0.717, 1.165) is 0 Å². The van der Waals surface area contributed by atoms with Gasteiger partial charge < -0.3 is 19.5 Å². The average Bonchev–Trinajstić information content (AvgIpc) is 3.40. The van der Waals surface area contributed by atoms with Gasteiger partial charge in [0.25, 0.3) is 0 Å². The molecule has 1 aromatic rings. The highest BCUT2D eigenvalue weighted by Crippen LogP contribution is 2.37. The third-order valence-corrected chi connectivity index (χ3v) is 6.46. The summed E-state index contributed by atoms with van der Waals surface area (Å²) in [7, 11) is 1.37. The number of nitrogens with zero attached hydrogens (tertiary/aromatic N) is 1. The summed E-state index contributed by atoms with van der Waals surface area (Å²) in [5.41, 5.74) is 0.487. The Bertz CT molecular complexity index is 839. The lowest BCUT2D eigenvalue weighted by atomic mass is 9.79. The third kappa shape index (κ3) is 5.10. The molecule has 2 heterocycles. The highest BCUT2D eigenvalue weighted by atomic mass is 16.7. The monoisotopic (exact) mass is 431 g/mol. The first kappa shape index (κ1) is 21.4. The van der Waals surface area contributed by atoms with E-state index in [2.05, 4.69) is 10.6 Å². The van der Waals surface area contributed by atoms with Crippen molar-refractivity contribution in [3.8, 4) is 11.5 Å². The normalized spacial score (nSPS) is 23.4. The van der Waals surface area contributed by atoms with Gasteiger partial charge in [0.1, 0.15) is 6.04 Å². The first-order valence-electron chi connectivity index (χ1n) is 10.9. The van der Waals surface area contributed by atoms with E-state index >= 15 is 0 Å². The largest absolute Gasteiger partial charge is 0.468 e. The second-order valence-corrected chi connectivity index (χ2v) is 8.43.